The van der Waals surface area contributed by atoms with Crippen LogP contribution in [0.3, 0.4) is 0 Å². The topological polar surface area (TPSA) is 35.5 Å². The number of esters is 1. The van der Waals surface area contributed by atoms with Crippen LogP contribution in [0.4, 0.5) is 0 Å². The highest BCUT2D eigenvalue weighted by molar-refractivity contribution is 5.81. The molecule has 0 saturated heterocycles. The van der Waals surface area contributed by atoms with Gasteiger partial charge in [-0.2, -0.15) is 0 Å². The zero-order valence-corrected chi connectivity index (χ0v) is 20.4. The maximum atomic E-state index is 11.5. The first kappa shape index (κ1) is 24.9. The molecule has 2 aromatic carbocycles. The molecule has 0 aliphatic carbocycles. The van der Waals surface area contributed by atoms with Crippen LogP contribution in [0.25, 0.3) is 0 Å². The molecule has 31 heavy (non-hydrogen) atoms. The Bertz CT molecular complexity index is 885. The van der Waals surface area contributed by atoms with Crippen molar-refractivity contribution in [2.45, 2.75) is 77.9 Å². The van der Waals surface area contributed by atoms with Gasteiger partial charge in [0.2, 0.25) is 0 Å². The van der Waals surface area contributed by atoms with Crippen molar-refractivity contribution in [2.75, 3.05) is 6.61 Å². The average Bonchev–Trinajstić information content (AvgIpc) is 2.72. The molecule has 3 heteroatoms. The van der Waals surface area contributed by atoms with Gasteiger partial charge < -0.3 is 9.47 Å². The molecule has 2 aromatic rings. The van der Waals surface area contributed by atoms with E-state index in [0.29, 0.717) is 5.92 Å². The lowest BCUT2D eigenvalue weighted by Gasteiger charge is -2.32. The predicted octanol–water partition coefficient (Wildman–Crippen LogP) is 6.90. The molecule has 0 bridgehead atoms. The van der Waals surface area contributed by atoms with Gasteiger partial charge in [0, 0.05) is 11.5 Å². The molecule has 0 amide bonds. The van der Waals surface area contributed by atoms with Gasteiger partial charge in [0.15, 0.2) is 0 Å². The number of carbonyl (C=O) groups is 1. The van der Waals surface area contributed by atoms with Crippen molar-refractivity contribution in [1.29, 1.82) is 0 Å². The number of benzene rings is 2. The van der Waals surface area contributed by atoms with E-state index in [1.54, 1.807) is 0 Å². The molecule has 0 fully saturated rings. The Morgan fingerprint density at radius 3 is 1.77 bits per heavy atom. The Morgan fingerprint density at radius 2 is 1.32 bits per heavy atom. The monoisotopic (exact) mass is 422 g/mol. The van der Waals surface area contributed by atoms with Gasteiger partial charge in [-0.1, -0.05) is 82.8 Å². The summed E-state index contributed by atoms with van der Waals surface area (Å²) in [4.78, 5) is 11.5. The maximum Gasteiger partial charge on any atom is 0.330 e. The highest BCUT2D eigenvalue weighted by Gasteiger charge is 2.29. The van der Waals surface area contributed by atoms with Crippen LogP contribution >= 0.6 is 0 Å². The predicted molar refractivity (Wildman–Crippen MR) is 128 cm³/mol. The summed E-state index contributed by atoms with van der Waals surface area (Å²) in [5.74, 6) is 0.0864. The zero-order chi connectivity index (χ0) is 23.4. The van der Waals surface area contributed by atoms with Crippen LogP contribution < -0.4 is 0 Å². The molecular formula is C28H38O3. The van der Waals surface area contributed by atoms with Gasteiger partial charge in [0.25, 0.3) is 0 Å². The fraction of sp³-hybridized carbons (Fsp3) is 0.464. The summed E-state index contributed by atoms with van der Waals surface area (Å²) >= 11 is 0. The van der Waals surface area contributed by atoms with Gasteiger partial charge in [-0.15, -0.1) is 0 Å². The third kappa shape index (κ3) is 6.30. The molecule has 0 atom stereocenters. The van der Waals surface area contributed by atoms with E-state index in [0.717, 1.165) is 5.56 Å². The SMILES string of the molecule is C=CC(=O)OC(C)(C)COC(C)(C)c1ccc(C(C)(C)c2ccc(C(C)C)cc2)cc1. The van der Waals surface area contributed by atoms with Crippen molar-refractivity contribution in [3.05, 3.63) is 83.4 Å². The van der Waals surface area contributed by atoms with Crippen LogP contribution in [0.5, 0.6) is 0 Å². The maximum absolute atomic E-state index is 11.5. The van der Waals surface area contributed by atoms with Crippen molar-refractivity contribution in [3.63, 3.8) is 0 Å². The Morgan fingerprint density at radius 1 is 0.871 bits per heavy atom. The summed E-state index contributed by atoms with van der Waals surface area (Å²) in [7, 11) is 0. The summed E-state index contributed by atoms with van der Waals surface area (Å²) in [5, 5.41) is 0. The van der Waals surface area contributed by atoms with E-state index in [4.69, 9.17) is 9.47 Å². The molecule has 0 aliphatic heterocycles. The Hall–Kier alpha value is -2.39. The van der Waals surface area contributed by atoms with E-state index in [9.17, 15) is 4.79 Å². The minimum absolute atomic E-state index is 0.0973. The Kier molecular flexibility index (Phi) is 7.54. The highest BCUT2D eigenvalue weighted by atomic mass is 16.6. The molecule has 2 rings (SSSR count). The van der Waals surface area contributed by atoms with E-state index in [1.165, 1.54) is 22.8 Å². The van der Waals surface area contributed by atoms with Crippen molar-refractivity contribution in [1.82, 2.24) is 0 Å². The first-order valence-electron chi connectivity index (χ1n) is 11.0. The molecule has 0 aromatic heterocycles. The molecule has 0 saturated carbocycles. The van der Waals surface area contributed by atoms with Gasteiger partial charge >= 0.3 is 5.97 Å². The molecule has 0 radical (unpaired) electrons. The Labute approximate surface area is 188 Å². The second kappa shape index (κ2) is 9.40. The third-order valence-electron chi connectivity index (χ3n) is 5.92. The van der Waals surface area contributed by atoms with Gasteiger partial charge in [0.05, 0.1) is 12.2 Å². The number of rotatable bonds is 9. The number of hydrogen-bond donors (Lipinski definition) is 0. The Balaban J connectivity index is 2.15. The van der Waals surface area contributed by atoms with Gasteiger partial charge in [-0.05, 0) is 55.9 Å². The molecule has 168 valence electrons. The number of carbonyl (C=O) groups excluding carboxylic acids is 1. The summed E-state index contributed by atoms with van der Waals surface area (Å²) in [6.45, 7) is 20.4. The van der Waals surface area contributed by atoms with Crippen LogP contribution in [0.15, 0.2) is 61.2 Å². The summed E-state index contributed by atoms with van der Waals surface area (Å²) < 4.78 is 11.5. The lowest BCUT2D eigenvalue weighted by atomic mass is 9.77. The molecule has 0 heterocycles. The van der Waals surface area contributed by atoms with E-state index < -0.39 is 17.2 Å². The highest BCUT2D eigenvalue weighted by Crippen LogP contribution is 2.34. The van der Waals surface area contributed by atoms with Gasteiger partial charge in [-0.25, -0.2) is 4.79 Å². The van der Waals surface area contributed by atoms with E-state index in [2.05, 4.69) is 82.8 Å². The molecule has 0 aliphatic rings. The minimum Gasteiger partial charge on any atom is -0.454 e. The summed E-state index contributed by atoms with van der Waals surface area (Å²) in [5.41, 5.74) is 3.64. The molecule has 3 nitrogen and oxygen atoms in total. The molecule has 0 unspecified atom stereocenters. The zero-order valence-electron chi connectivity index (χ0n) is 20.4. The summed E-state index contributed by atoms with van der Waals surface area (Å²) in [6, 6.07) is 17.6. The quantitative estimate of drug-likeness (QED) is 0.326. The van der Waals surface area contributed by atoms with E-state index in [1.807, 2.05) is 27.7 Å². The van der Waals surface area contributed by atoms with E-state index in [-0.39, 0.29) is 12.0 Å². The van der Waals surface area contributed by atoms with Crippen LogP contribution in [-0.2, 0) is 25.3 Å². The lowest BCUT2D eigenvalue weighted by Crippen LogP contribution is -2.37. The summed E-state index contributed by atoms with van der Waals surface area (Å²) in [6.07, 6.45) is 1.17. The van der Waals surface area contributed by atoms with Crippen molar-refractivity contribution >= 4 is 5.97 Å². The second-order valence-electron chi connectivity index (χ2n) is 10.2. The normalized spacial score (nSPS) is 12.7. The van der Waals surface area contributed by atoms with Crippen LogP contribution in [-0.4, -0.2) is 18.2 Å². The second-order valence-corrected chi connectivity index (χ2v) is 10.2. The van der Waals surface area contributed by atoms with Gasteiger partial charge in [0.1, 0.15) is 5.60 Å². The molecular weight excluding hydrogens is 384 g/mol. The first-order valence-corrected chi connectivity index (χ1v) is 11.0. The van der Waals surface area contributed by atoms with Crippen molar-refractivity contribution in [2.24, 2.45) is 0 Å². The van der Waals surface area contributed by atoms with Crippen LogP contribution in [0.2, 0.25) is 0 Å². The van der Waals surface area contributed by atoms with Crippen LogP contribution in [0.1, 0.15) is 83.6 Å². The standard InChI is InChI=1S/C28H38O3/c1-10-25(29)31-26(4,5)19-30-28(8,9)24-17-15-23(16-18-24)27(6,7)22-13-11-21(12-14-22)20(2)3/h10-18,20H,1,19H2,2-9H3. The van der Waals surface area contributed by atoms with E-state index >= 15 is 0 Å². The number of ether oxygens (including phenoxy) is 2. The largest absolute Gasteiger partial charge is 0.454 e. The lowest BCUT2D eigenvalue weighted by molar-refractivity contribution is -0.163. The molecule has 0 spiro atoms. The smallest absolute Gasteiger partial charge is 0.330 e. The first-order chi connectivity index (χ1) is 14.3. The number of hydrogen-bond acceptors (Lipinski definition) is 3. The molecule has 0 N–H and O–H groups in total. The van der Waals surface area contributed by atoms with Crippen molar-refractivity contribution in [3.8, 4) is 0 Å². The fourth-order valence-corrected chi connectivity index (χ4v) is 3.52. The average molecular weight is 423 g/mol. The van der Waals surface area contributed by atoms with Crippen molar-refractivity contribution < 1.29 is 14.3 Å². The van der Waals surface area contributed by atoms with Crippen LogP contribution in [0, 0.1) is 0 Å². The van der Waals surface area contributed by atoms with Gasteiger partial charge in [-0.3, -0.25) is 0 Å². The fourth-order valence-electron chi connectivity index (χ4n) is 3.52. The third-order valence-corrected chi connectivity index (χ3v) is 5.92. The minimum atomic E-state index is -0.730.